The normalized spacial score (nSPS) is 10.5. The van der Waals surface area contributed by atoms with Gasteiger partial charge in [0.2, 0.25) is 0 Å². The van der Waals surface area contributed by atoms with Crippen molar-refractivity contribution in [2.24, 2.45) is 0 Å². The van der Waals surface area contributed by atoms with Crippen LogP contribution in [0.4, 0.5) is 0 Å². The molecule has 0 aliphatic heterocycles. The third-order valence-electron chi connectivity index (χ3n) is 1.28. The Bertz CT molecular complexity index is 199. The van der Waals surface area contributed by atoms with E-state index < -0.39 is 0 Å². The van der Waals surface area contributed by atoms with E-state index in [0.29, 0.717) is 4.58 Å². The molecular formula is C7H10N2S2. The first-order valence-electron chi connectivity index (χ1n) is 3.19. The summed E-state index contributed by atoms with van der Waals surface area (Å²) >= 11 is 3.61. The largest absolute Gasteiger partial charge is 0.244 e. The van der Waals surface area contributed by atoms with Crippen LogP contribution in [0, 0.1) is 0 Å². The van der Waals surface area contributed by atoms with Crippen LogP contribution < -0.4 is 0 Å². The molecule has 11 heavy (non-hydrogen) atoms. The standard InChI is InChI=1S/C7H10N2S2/c1-10-7(11-2)6-3-8-5-9-4-6/h3-5,7H,1-2H3. The highest BCUT2D eigenvalue weighted by Gasteiger charge is 2.06. The van der Waals surface area contributed by atoms with Crippen molar-refractivity contribution in [2.45, 2.75) is 4.58 Å². The van der Waals surface area contributed by atoms with Crippen molar-refractivity contribution in [3.05, 3.63) is 24.3 Å². The summed E-state index contributed by atoms with van der Waals surface area (Å²) in [5.74, 6) is 0. The van der Waals surface area contributed by atoms with Crippen LogP contribution in [0.3, 0.4) is 0 Å². The van der Waals surface area contributed by atoms with E-state index in [1.807, 2.05) is 12.4 Å². The van der Waals surface area contributed by atoms with Crippen molar-refractivity contribution in [1.82, 2.24) is 9.97 Å². The Balaban J connectivity index is 2.74. The third kappa shape index (κ3) is 2.38. The molecule has 0 saturated carbocycles. The lowest BCUT2D eigenvalue weighted by atomic mass is 10.4. The van der Waals surface area contributed by atoms with E-state index in [4.69, 9.17) is 0 Å². The van der Waals surface area contributed by atoms with Crippen molar-refractivity contribution in [1.29, 1.82) is 0 Å². The molecule has 0 fully saturated rings. The van der Waals surface area contributed by atoms with Crippen molar-refractivity contribution < 1.29 is 0 Å². The van der Waals surface area contributed by atoms with Gasteiger partial charge in [0.1, 0.15) is 6.33 Å². The maximum Gasteiger partial charge on any atom is 0.115 e. The van der Waals surface area contributed by atoms with Gasteiger partial charge in [-0.2, -0.15) is 0 Å². The summed E-state index contributed by atoms with van der Waals surface area (Å²) < 4.78 is 0.469. The molecule has 1 aromatic heterocycles. The summed E-state index contributed by atoms with van der Waals surface area (Å²) in [5.41, 5.74) is 1.19. The maximum absolute atomic E-state index is 3.96. The first kappa shape index (κ1) is 8.87. The topological polar surface area (TPSA) is 25.8 Å². The van der Waals surface area contributed by atoms with Crippen molar-refractivity contribution in [3.8, 4) is 0 Å². The van der Waals surface area contributed by atoms with Gasteiger partial charge in [-0.3, -0.25) is 0 Å². The summed E-state index contributed by atoms with van der Waals surface area (Å²) in [6, 6.07) is 0. The second kappa shape index (κ2) is 4.62. The molecule has 0 bridgehead atoms. The molecule has 0 spiro atoms. The van der Waals surface area contributed by atoms with E-state index >= 15 is 0 Å². The molecule has 0 N–H and O–H groups in total. The van der Waals surface area contributed by atoms with Gasteiger partial charge in [0, 0.05) is 18.0 Å². The van der Waals surface area contributed by atoms with Gasteiger partial charge in [-0.25, -0.2) is 9.97 Å². The number of nitrogens with zero attached hydrogens (tertiary/aromatic N) is 2. The summed E-state index contributed by atoms with van der Waals surface area (Å²) in [6.07, 6.45) is 9.47. The van der Waals surface area contributed by atoms with Crippen LogP contribution in [0.2, 0.25) is 0 Å². The van der Waals surface area contributed by atoms with Crippen LogP contribution in [-0.4, -0.2) is 22.5 Å². The molecule has 0 aliphatic rings. The molecule has 60 valence electrons. The fraction of sp³-hybridized carbons (Fsp3) is 0.429. The summed E-state index contributed by atoms with van der Waals surface area (Å²) in [5, 5.41) is 0. The summed E-state index contributed by atoms with van der Waals surface area (Å²) in [6.45, 7) is 0. The Kier molecular flexibility index (Phi) is 3.72. The second-order valence-electron chi connectivity index (χ2n) is 1.98. The van der Waals surface area contributed by atoms with Crippen LogP contribution >= 0.6 is 23.5 Å². The lowest BCUT2D eigenvalue weighted by Gasteiger charge is -2.09. The number of aromatic nitrogens is 2. The van der Waals surface area contributed by atoms with Crippen molar-refractivity contribution in [3.63, 3.8) is 0 Å². The number of hydrogen-bond acceptors (Lipinski definition) is 4. The first-order valence-corrected chi connectivity index (χ1v) is 5.76. The van der Waals surface area contributed by atoms with Gasteiger partial charge in [-0.05, 0) is 12.5 Å². The van der Waals surface area contributed by atoms with E-state index in [1.165, 1.54) is 5.56 Å². The highest BCUT2D eigenvalue weighted by Crippen LogP contribution is 2.34. The highest BCUT2D eigenvalue weighted by molar-refractivity contribution is 8.15. The third-order valence-corrected chi connectivity index (χ3v) is 3.84. The number of rotatable bonds is 3. The van der Waals surface area contributed by atoms with Crippen LogP contribution in [-0.2, 0) is 0 Å². The predicted octanol–water partition coefficient (Wildman–Crippen LogP) is 2.20. The molecule has 0 saturated heterocycles. The zero-order valence-corrected chi connectivity index (χ0v) is 8.15. The van der Waals surface area contributed by atoms with E-state index in [1.54, 1.807) is 29.9 Å². The molecule has 0 radical (unpaired) electrons. The van der Waals surface area contributed by atoms with E-state index in [2.05, 4.69) is 22.5 Å². The summed E-state index contributed by atoms with van der Waals surface area (Å²) in [4.78, 5) is 7.93. The number of hydrogen-bond donors (Lipinski definition) is 0. The highest BCUT2D eigenvalue weighted by atomic mass is 32.2. The maximum atomic E-state index is 3.96. The van der Waals surface area contributed by atoms with E-state index in [0.717, 1.165) is 0 Å². The quantitative estimate of drug-likeness (QED) is 0.676. The Hall–Kier alpha value is -0.220. The molecule has 4 heteroatoms. The van der Waals surface area contributed by atoms with Crippen LogP contribution in [0.1, 0.15) is 10.1 Å². The molecule has 1 rings (SSSR count). The van der Waals surface area contributed by atoms with Gasteiger partial charge in [-0.1, -0.05) is 0 Å². The van der Waals surface area contributed by atoms with Crippen molar-refractivity contribution in [2.75, 3.05) is 12.5 Å². The Labute approximate surface area is 75.2 Å². The molecule has 1 aromatic rings. The average Bonchev–Trinajstić information content (AvgIpc) is 2.09. The first-order chi connectivity index (χ1) is 5.38. The Morgan fingerprint density at radius 3 is 2.18 bits per heavy atom. The lowest BCUT2D eigenvalue weighted by Crippen LogP contribution is -1.89. The minimum Gasteiger partial charge on any atom is -0.244 e. The number of thioether (sulfide) groups is 2. The minimum atomic E-state index is 0.469. The fourth-order valence-corrected chi connectivity index (χ4v) is 2.36. The monoisotopic (exact) mass is 186 g/mol. The zero-order chi connectivity index (χ0) is 8.10. The van der Waals surface area contributed by atoms with Gasteiger partial charge >= 0.3 is 0 Å². The second-order valence-corrected chi connectivity index (χ2v) is 4.16. The molecule has 0 aliphatic carbocycles. The predicted molar refractivity (Wildman–Crippen MR) is 51.8 cm³/mol. The van der Waals surface area contributed by atoms with Gasteiger partial charge in [0.15, 0.2) is 0 Å². The van der Waals surface area contributed by atoms with Crippen molar-refractivity contribution >= 4 is 23.5 Å². The Morgan fingerprint density at radius 2 is 1.73 bits per heavy atom. The summed E-state index contributed by atoms with van der Waals surface area (Å²) in [7, 11) is 0. The Morgan fingerprint density at radius 1 is 1.18 bits per heavy atom. The van der Waals surface area contributed by atoms with Gasteiger partial charge in [-0.15, -0.1) is 23.5 Å². The van der Waals surface area contributed by atoms with Crippen LogP contribution in [0.25, 0.3) is 0 Å². The van der Waals surface area contributed by atoms with Gasteiger partial charge in [0.25, 0.3) is 0 Å². The smallest absolute Gasteiger partial charge is 0.115 e. The molecule has 2 nitrogen and oxygen atoms in total. The van der Waals surface area contributed by atoms with E-state index in [-0.39, 0.29) is 0 Å². The molecule has 0 amide bonds. The molecular weight excluding hydrogens is 176 g/mol. The average molecular weight is 186 g/mol. The fourth-order valence-electron chi connectivity index (χ4n) is 0.801. The SMILES string of the molecule is CSC(SC)c1cncnc1. The minimum absolute atomic E-state index is 0.469. The van der Waals surface area contributed by atoms with Gasteiger partial charge < -0.3 is 0 Å². The molecule has 1 heterocycles. The van der Waals surface area contributed by atoms with Crippen LogP contribution in [0.5, 0.6) is 0 Å². The van der Waals surface area contributed by atoms with Crippen LogP contribution in [0.15, 0.2) is 18.7 Å². The lowest BCUT2D eigenvalue weighted by molar-refractivity contribution is 1.11. The van der Waals surface area contributed by atoms with E-state index in [9.17, 15) is 0 Å². The zero-order valence-electron chi connectivity index (χ0n) is 6.52. The molecule has 0 aromatic carbocycles. The molecule has 0 atom stereocenters. The van der Waals surface area contributed by atoms with Gasteiger partial charge in [0.05, 0.1) is 4.58 Å². The molecule has 0 unspecified atom stereocenters.